The molecule has 0 heterocycles. The lowest BCUT2D eigenvalue weighted by atomic mass is 10.0. The molecule has 0 bridgehead atoms. The number of aromatic hydroxyl groups is 1. The maximum atomic E-state index is 12.7. The number of hydrogen-bond acceptors (Lipinski definition) is 4. The molecule has 144 valence electrons. The van der Waals surface area contributed by atoms with Crippen molar-refractivity contribution in [2.75, 3.05) is 18.5 Å². The smallest absolute Gasteiger partial charge is 0.255 e. The number of ether oxygens (including phenoxy) is 1. The van der Waals surface area contributed by atoms with Crippen LogP contribution >= 0.6 is 0 Å². The third-order valence-electron chi connectivity index (χ3n) is 4.42. The van der Waals surface area contributed by atoms with Gasteiger partial charge in [0.15, 0.2) is 0 Å². The Hall–Kier alpha value is -3.31. The van der Waals surface area contributed by atoms with E-state index in [1.165, 1.54) is 0 Å². The number of nitrogens with two attached hydrogens (primary N) is 1. The number of aryl methyl sites for hydroxylation is 2. The van der Waals surface area contributed by atoms with Gasteiger partial charge in [0, 0.05) is 23.4 Å². The Morgan fingerprint density at radius 2 is 1.75 bits per heavy atom. The van der Waals surface area contributed by atoms with E-state index in [2.05, 4.69) is 5.32 Å². The molecule has 3 rings (SSSR count). The molecule has 28 heavy (non-hydrogen) atoms. The first-order valence-corrected chi connectivity index (χ1v) is 9.13. The maximum absolute atomic E-state index is 12.7. The van der Waals surface area contributed by atoms with E-state index in [1.807, 2.05) is 50.2 Å². The quantitative estimate of drug-likeness (QED) is 0.600. The van der Waals surface area contributed by atoms with Crippen molar-refractivity contribution in [3.8, 4) is 22.6 Å². The number of carbonyl (C=O) groups excluding carboxylic acids is 1. The fraction of sp³-hybridized carbons (Fsp3) is 0.174. The summed E-state index contributed by atoms with van der Waals surface area (Å²) in [6.07, 6.45) is 0. The van der Waals surface area contributed by atoms with Crippen LogP contribution in [0.4, 0.5) is 5.69 Å². The lowest BCUT2D eigenvalue weighted by Gasteiger charge is -2.14. The van der Waals surface area contributed by atoms with Gasteiger partial charge in [-0.3, -0.25) is 4.79 Å². The van der Waals surface area contributed by atoms with Crippen LogP contribution in [0.3, 0.4) is 0 Å². The van der Waals surface area contributed by atoms with E-state index in [-0.39, 0.29) is 11.7 Å². The Morgan fingerprint density at radius 1 is 1.04 bits per heavy atom. The van der Waals surface area contributed by atoms with E-state index in [0.29, 0.717) is 30.0 Å². The molecule has 0 spiro atoms. The number of nitrogens with one attached hydrogen (secondary N) is 1. The second-order valence-corrected chi connectivity index (χ2v) is 6.63. The molecule has 0 aromatic heterocycles. The van der Waals surface area contributed by atoms with E-state index in [1.54, 1.807) is 24.3 Å². The molecule has 0 fully saturated rings. The number of rotatable bonds is 6. The summed E-state index contributed by atoms with van der Waals surface area (Å²) in [6.45, 7) is 4.70. The number of amides is 1. The second kappa shape index (κ2) is 8.59. The van der Waals surface area contributed by atoms with Gasteiger partial charge in [0.2, 0.25) is 0 Å². The van der Waals surface area contributed by atoms with Gasteiger partial charge < -0.3 is 20.9 Å². The largest absolute Gasteiger partial charge is 0.507 e. The third-order valence-corrected chi connectivity index (χ3v) is 4.42. The van der Waals surface area contributed by atoms with Gasteiger partial charge in [-0.15, -0.1) is 0 Å². The summed E-state index contributed by atoms with van der Waals surface area (Å²) in [5, 5.41) is 13.0. The Bertz CT molecular complexity index is 976. The number of para-hydroxylation sites is 1. The average Bonchev–Trinajstić information content (AvgIpc) is 2.68. The van der Waals surface area contributed by atoms with Crippen molar-refractivity contribution in [1.82, 2.24) is 0 Å². The van der Waals surface area contributed by atoms with Gasteiger partial charge in [-0.05, 0) is 60.9 Å². The van der Waals surface area contributed by atoms with Crippen LogP contribution in [0.5, 0.6) is 11.5 Å². The summed E-state index contributed by atoms with van der Waals surface area (Å²) < 4.78 is 5.67. The molecule has 0 atom stereocenters. The van der Waals surface area contributed by atoms with Crippen molar-refractivity contribution in [3.63, 3.8) is 0 Å². The van der Waals surface area contributed by atoms with Gasteiger partial charge in [0.1, 0.15) is 18.1 Å². The molecule has 3 aromatic carbocycles. The van der Waals surface area contributed by atoms with Crippen molar-refractivity contribution in [1.29, 1.82) is 0 Å². The summed E-state index contributed by atoms with van der Waals surface area (Å²) in [6, 6.07) is 18.1. The molecule has 5 heteroatoms. The molecule has 0 aliphatic carbocycles. The Labute approximate surface area is 164 Å². The molecule has 0 radical (unpaired) electrons. The van der Waals surface area contributed by atoms with Crippen molar-refractivity contribution in [3.05, 3.63) is 77.4 Å². The SMILES string of the molecule is Cc1cc(C(=O)Nc2cccc(-c3ccccc3O)c2)cc(C)c1OCCN. The molecule has 5 nitrogen and oxygen atoms in total. The predicted octanol–water partition coefficient (Wildman–Crippen LogP) is 4.27. The first-order chi connectivity index (χ1) is 13.5. The van der Waals surface area contributed by atoms with Crippen LogP contribution in [0, 0.1) is 13.8 Å². The lowest BCUT2D eigenvalue weighted by Crippen LogP contribution is -2.14. The highest BCUT2D eigenvalue weighted by molar-refractivity contribution is 6.05. The van der Waals surface area contributed by atoms with Gasteiger partial charge in [0.25, 0.3) is 5.91 Å². The number of hydrogen-bond donors (Lipinski definition) is 3. The molecule has 0 unspecified atom stereocenters. The van der Waals surface area contributed by atoms with Crippen LogP contribution in [0.15, 0.2) is 60.7 Å². The fourth-order valence-corrected chi connectivity index (χ4v) is 3.16. The van der Waals surface area contributed by atoms with Gasteiger partial charge >= 0.3 is 0 Å². The number of phenolic OH excluding ortho intramolecular Hbond substituents is 1. The highest BCUT2D eigenvalue weighted by Gasteiger charge is 2.13. The van der Waals surface area contributed by atoms with E-state index in [9.17, 15) is 9.90 Å². The molecule has 1 amide bonds. The fourth-order valence-electron chi connectivity index (χ4n) is 3.16. The second-order valence-electron chi connectivity index (χ2n) is 6.63. The molecule has 0 aliphatic heterocycles. The Balaban J connectivity index is 1.82. The monoisotopic (exact) mass is 376 g/mol. The van der Waals surface area contributed by atoms with Crippen LogP contribution in [0.25, 0.3) is 11.1 Å². The van der Waals surface area contributed by atoms with E-state index >= 15 is 0 Å². The summed E-state index contributed by atoms with van der Waals surface area (Å²) in [5.41, 5.74) is 10.0. The van der Waals surface area contributed by atoms with E-state index in [0.717, 1.165) is 22.4 Å². The molecule has 0 saturated heterocycles. The first kappa shape index (κ1) is 19.5. The average molecular weight is 376 g/mol. The van der Waals surface area contributed by atoms with E-state index in [4.69, 9.17) is 10.5 Å². The van der Waals surface area contributed by atoms with Gasteiger partial charge in [-0.2, -0.15) is 0 Å². The number of carbonyl (C=O) groups is 1. The normalized spacial score (nSPS) is 10.5. The first-order valence-electron chi connectivity index (χ1n) is 9.13. The Morgan fingerprint density at radius 3 is 2.43 bits per heavy atom. The van der Waals surface area contributed by atoms with Gasteiger partial charge in [0.05, 0.1) is 0 Å². The summed E-state index contributed by atoms with van der Waals surface area (Å²) in [7, 11) is 0. The summed E-state index contributed by atoms with van der Waals surface area (Å²) >= 11 is 0. The highest BCUT2D eigenvalue weighted by atomic mass is 16.5. The maximum Gasteiger partial charge on any atom is 0.255 e. The minimum Gasteiger partial charge on any atom is -0.507 e. The van der Waals surface area contributed by atoms with Crippen molar-refractivity contribution in [2.45, 2.75) is 13.8 Å². The number of anilines is 1. The van der Waals surface area contributed by atoms with Crippen molar-refractivity contribution >= 4 is 11.6 Å². The van der Waals surface area contributed by atoms with Crippen molar-refractivity contribution in [2.24, 2.45) is 5.73 Å². The standard InChI is InChI=1S/C23H24N2O3/c1-15-12-18(13-16(2)22(15)28-11-10-24)23(27)25-19-7-5-6-17(14-19)20-8-3-4-9-21(20)26/h3-9,12-14,26H,10-11,24H2,1-2H3,(H,25,27). The minimum absolute atomic E-state index is 0.199. The van der Waals surface area contributed by atoms with Gasteiger partial charge in [-0.25, -0.2) is 0 Å². The molecule has 3 aromatic rings. The van der Waals surface area contributed by atoms with Crippen LogP contribution in [0.2, 0.25) is 0 Å². The van der Waals surface area contributed by atoms with E-state index < -0.39 is 0 Å². The zero-order valence-electron chi connectivity index (χ0n) is 16.0. The van der Waals surface area contributed by atoms with Crippen molar-refractivity contribution < 1.29 is 14.6 Å². The van der Waals surface area contributed by atoms with Crippen LogP contribution in [0.1, 0.15) is 21.5 Å². The zero-order chi connectivity index (χ0) is 20.1. The highest BCUT2D eigenvalue weighted by Crippen LogP contribution is 2.30. The van der Waals surface area contributed by atoms with Crippen LogP contribution < -0.4 is 15.8 Å². The third kappa shape index (κ3) is 4.32. The molecule has 0 aliphatic rings. The Kier molecular flexibility index (Phi) is 5.96. The zero-order valence-corrected chi connectivity index (χ0v) is 16.0. The lowest BCUT2D eigenvalue weighted by molar-refractivity contribution is 0.102. The van der Waals surface area contributed by atoms with Crippen LogP contribution in [-0.4, -0.2) is 24.2 Å². The summed E-state index contributed by atoms with van der Waals surface area (Å²) in [5.74, 6) is 0.764. The van der Waals surface area contributed by atoms with Crippen LogP contribution in [-0.2, 0) is 0 Å². The molecular weight excluding hydrogens is 352 g/mol. The summed E-state index contributed by atoms with van der Waals surface area (Å²) in [4.78, 5) is 12.7. The molecule has 4 N–H and O–H groups in total. The molecule has 0 saturated carbocycles. The molecular formula is C23H24N2O3. The minimum atomic E-state index is -0.203. The predicted molar refractivity (Wildman–Crippen MR) is 112 cm³/mol. The number of benzene rings is 3. The topological polar surface area (TPSA) is 84.6 Å². The number of phenols is 1. The van der Waals surface area contributed by atoms with Gasteiger partial charge in [-0.1, -0.05) is 30.3 Å².